The lowest BCUT2D eigenvalue weighted by atomic mass is 10.1. The highest BCUT2D eigenvalue weighted by Gasteiger charge is 2.13. The number of amides is 2. The van der Waals surface area contributed by atoms with Gasteiger partial charge in [-0.1, -0.05) is 26.0 Å². The van der Waals surface area contributed by atoms with Crippen LogP contribution in [0.4, 0.5) is 5.69 Å². The van der Waals surface area contributed by atoms with Crippen molar-refractivity contribution in [2.24, 2.45) is 0 Å². The average molecular weight is 414 g/mol. The lowest BCUT2D eigenvalue weighted by molar-refractivity contribution is 0.0948. The third-order valence-electron chi connectivity index (χ3n) is 4.69. The molecular formula is C23H31N3O4. The van der Waals surface area contributed by atoms with Crippen LogP contribution in [-0.4, -0.2) is 63.2 Å². The maximum atomic E-state index is 12.6. The minimum atomic E-state index is -0.278. The summed E-state index contributed by atoms with van der Waals surface area (Å²) in [5.41, 5.74) is 1.59. The van der Waals surface area contributed by atoms with Crippen molar-refractivity contribution in [3.8, 4) is 5.75 Å². The molecule has 162 valence electrons. The molecule has 0 heterocycles. The summed E-state index contributed by atoms with van der Waals surface area (Å²) in [7, 11) is 1.59. The van der Waals surface area contributed by atoms with Crippen LogP contribution >= 0.6 is 0 Å². The molecule has 7 nitrogen and oxygen atoms in total. The molecule has 0 aliphatic rings. The van der Waals surface area contributed by atoms with Crippen LogP contribution in [0, 0.1) is 0 Å². The van der Waals surface area contributed by atoms with Crippen molar-refractivity contribution in [1.29, 1.82) is 0 Å². The van der Waals surface area contributed by atoms with E-state index in [-0.39, 0.29) is 11.8 Å². The van der Waals surface area contributed by atoms with Crippen molar-refractivity contribution < 1.29 is 19.1 Å². The first-order valence-electron chi connectivity index (χ1n) is 10.2. The number of anilines is 1. The Balaban J connectivity index is 1.93. The van der Waals surface area contributed by atoms with Gasteiger partial charge in [0.25, 0.3) is 11.8 Å². The predicted molar refractivity (Wildman–Crippen MR) is 118 cm³/mol. The molecule has 30 heavy (non-hydrogen) atoms. The number of nitrogens with one attached hydrogen (secondary N) is 2. The van der Waals surface area contributed by atoms with Crippen LogP contribution in [0.1, 0.15) is 34.6 Å². The van der Waals surface area contributed by atoms with Crippen molar-refractivity contribution >= 4 is 17.5 Å². The van der Waals surface area contributed by atoms with E-state index >= 15 is 0 Å². The lowest BCUT2D eigenvalue weighted by Crippen LogP contribution is -2.34. The van der Waals surface area contributed by atoms with E-state index in [0.717, 1.165) is 19.6 Å². The second-order valence-electron chi connectivity index (χ2n) is 6.65. The Labute approximate surface area is 178 Å². The molecule has 0 aliphatic carbocycles. The highest BCUT2D eigenvalue weighted by molar-refractivity contribution is 6.06. The van der Waals surface area contributed by atoms with E-state index in [9.17, 15) is 9.59 Å². The van der Waals surface area contributed by atoms with E-state index in [1.165, 1.54) is 0 Å². The fourth-order valence-electron chi connectivity index (χ4n) is 2.89. The molecule has 2 aromatic carbocycles. The predicted octanol–water partition coefficient (Wildman–Crippen LogP) is 3.04. The second-order valence-corrected chi connectivity index (χ2v) is 6.65. The number of hydrogen-bond donors (Lipinski definition) is 2. The molecule has 0 fully saturated rings. The molecular weight excluding hydrogens is 382 g/mol. The summed E-state index contributed by atoms with van der Waals surface area (Å²) in [6.45, 7) is 8.33. The molecule has 2 N–H and O–H groups in total. The quantitative estimate of drug-likeness (QED) is 0.523. The molecule has 0 unspecified atom stereocenters. The topological polar surface area (TPSA) is 79.9 Å². The van der Waals surface area contributed by atoms with Gasteiger partial charge in [-0.15, -0.1) is 0 Å². The summed E-state index contributed by atoms with van der Waals surface area (Å²) >= 11 is 0. The Morgan fingerprint density at radius 2 is 1.63 bits per heavy atom. The van der Waals surface area contributed by atoms with E-state index in [1.54, 1.807) is 49.6 Å². The zero-order valence-electron chi connectivity index (χ0n) is 17.9. The van der Waals surface area contributed by atoms with Crippen LogP contribution in [-0.2, 0) is 4.74 Å². The van der Waals surface area contributed by atoms with Gasteiger partial charge in [-0.2, -0.15) is 0 Å². The maximum absolute atomic E-state index is 12.6. The minimum Gasteiger partial charge on any atom is -0.490 e. The molecule has 2 aromatic rings. The zero-order chi connectivity index (χ0) is 21.8. The van der Waals surface area contributed by atoms with Gasteiger partial charge in [-0.3, -0.25) is 9.59 Å². The summed E-state index contributed by atoms with van der Waals surface area (Å²) in [5, 5.41) is 5.76. The fraction of sp³-hybridized carbons (Fsp3) is 0.391. The van der Waals surface area contributed by atoms with Gasteiger partial charge in [0.05, 0.1) is 12.2 Å². The van der Waals surface area contributed by atoms with Gasteiger partial charge >= 0.3 is 0 Å². The number of hydrogen-bond acceptors (Lipinski definition) is 5. The lowest BCUT2D eigenvalue weighted by Gasteiger charge is -2.18. The molecule has 0 bridgehead atoms. The van der Waals surface area contributed by atoms with Gasteiger partial charge in [-0.05, 0) is 49.5 Å². The van der Waals surface area contributed by atoms with Crippen LogP contribution in [0.3, 0.4) is 0 Å². The SMILES string of the molecule is CCN(CC)CCNC(=O)c1ccc(NC(=O)c2ccccc2OCCOC)cc1. The van der Waals surface area contributed by atoms with Crippen molar-refractivity contribution in [1.82, 2.24) is 10.2 Å². The number of likely N-dealkylation sites (N-methyl/N-ethyl adjacent to an activating group) is 1. The number of para-hydroxylation sites is 1. The number of carbonyl (C=O) groups excluding carboxylic acids is 2. The summed E-state index contributed by atoms with van der Waals surface area (Å²) in [4.78, 5) is 27.2. The van der Waals surface area contributed by atoms with Crippen molar-refractivity contribution in [2.45, 2.75) is 13.8 Å². The van der Waals surface area contributed by atoms with Crippen LogP contribution < -0.4 is 15.4 Å². The zero-order valence-corrected chi connectivity index (χ0v) is 17.9. The molecule has 0 aromatic heterocycles. The monoisotopic (exact) mass is 413 g/mol. The first kappa shape index (κ1) is 23.4. The maximum Gasteiger partial charge on any atom is 0.259 e. The molecule has 7 heteroatoms. The number of benzene rings is 2. The minimum absolute atomic E-state index is 0.128. The highest BCUT2D eigenvalue weighted by atomic mass is 16.5. The van der Waals surface area contributed by atoms with E-state index in [0.29, 0.717) is 42.3 Å². The first-order valence-corrected chi connectivity index (χ1v) is 10.2. The summed E-state index contributed by atoms with van der Waals surface area (Å²) < 4.78 is 10.6. The van der Waals surface area contributed by atoms with Gasteiger partial charge in [0.15, 0.2) is 0 Å². The molecule has 0 saturated heterocycles. The molecule has 0 spiro atoms. The molecule has 0 radical (unpaired) electrons. The highest BCUT2D eigenvalue weighted by Crippen LogP contribution is 2.20. The first-order chi connectivity index (χ1) is 14.6. The van der Waals surface area contributed by atoms with Crippen LogP contribution in [0.5, 0.6) is 5.75 Å². The Bertz CT molecular complexity index is 804. The van der Waals surface area contributed by atoms with E-state index in [1.807, 2.05) is 6.07 Å². The standard InChI is InChI=1S/C23H31N3O4/c1-4-26(5-2)15-14-24-22(27)18-10-12-19(13-11-18)25-23(28)20-8-6-7-9-21(20)30-17-16-29-3/h6-13H,4-5,14-17H2,1-3H3,(H,24,27)(H,25,28). The Kier molecular flexibility index (Phi) is 9.83. The number of nitrogens with zero attached hydrogens (tertiary/aromatic N) is 1. The largest absolute Gasteiger partial charge is 0.490 e. The molecule has 0 aliphatic heterocycles. The van der Waals surface area contributed by atoms with Gasteiger partial charge in [-0.25, -0.2) is 0 Å². The van der Waals surface area contributed by atoms with Crippen molar-refractivity contribution in [3.05, 3.63) is 59.7 Å². The molecule has 0 atom stereocenters. The van der Waals surface area contributed by atoms with Gasteiger partial charge in [0, 0.05) is 31.5 Å². The van der Waals surface area contributed by atoms with E-state index in [4.69, 9.17) is 9.47 Å². The van der Waals surface area contributed by atoms with Crippen molar-refractivity contribution in [2.75, 3.05) is 51.8 Å². The second kappa shape index (κ2) is 12.6. The fourth-order valence-corrected chi connectivity index (χ4v) is 2.89. The van der Waals surface area contributed by atoms with Crippen molar-refractivity contribution in [3.63, 3.8) is 0 Å². The number of ether oxygens (including phenoxy) is 2. The van der Waals surface area contributed by atoms with E-state index < -0.39 is 0 Å². The third kappa shape index (κ3) is 7.17. The average Bonchev–Trinajstić information content (AvgIpc) is 2.77. The number of carbonyl (C=O) groups is 2. The summed E-state index contributed by atoms with van der Waals surface area (Å²) in [5.74, 6) is 0.0904. The van der Waals surface area contributed by atoms with Crippen LogP contribution in [0.2, 0.25) is 0 Å². The Hall–Kier alpha value is -2.90. The Morgan fingerprint density at radius 3 is 2.30 bits per heavy atom. The molecule has 2 rings (SSSR count). The summed E-state index contributed by atoms with van der Waals surface area (Å²) in [6, 6.07) is 13.9. The molecule has 2 amide bonds. The number of rotatable bonds is 12. The van der Waals surface area contributed by atoms with E-state index in [2.05, 4.69) is 29.4 Å². The summed E-state index contributed by atoms with van der Waals surface area (Å²) in [6.07, 6.45) is 0. The smallest absolute Gasteiger partial charge is 0.259 e. The van der Waals surface area contributed by atoms with Crippen LogP contribution in [0.15, 0.2) is 48.5 Å². The number of methoxy groups -OCH3 is 1. The molecule has 0 saturated carbocycles. The van der Waals surface area contributed by atoms with Gasteiger partial charge in [0.1, 0.15) is 12.4 Å². The Morgan fingerprint density at radius 1 is 0.933 bits per heavy atom. The van der Waals surface area contributed by atoms with Gasteiger partial charge in [0.2, 0.25) is 0 Å². The van der Waals surface area contributed by atoms with Gasteiger partial charge < -0.3 is 25.0 Å². The third-order valence-corrected chi connectivity index (χ3v) is 4.69. The normalized spacial score (nSPS) is 10.7. The van der Waals surface area contributed by atoms with Crippen LogP contribution in [0.25, 0.3) is 0 Å².